The maximum atomic E-state index is 13.4. The number of nitrogens with zero attached hydrogens (tertiary/aromatic N) is 5. The predicted octanol–water partition coefficient (Wildman–Crippen LogP) is 3.85. The van der Waals surface area contributed by atoms with E-state index < -0.39 is 5.82 Å². The Morgan fingerprint density at radius 1 is 1.15 bits per heavy atom. The first kappa shape index (κ1) is 22.6. The van der Waals surface area contributed by atoms with Crippen molar-refractivity contribution in [2.75, 3.05) is 23.3 Å². The molecule has 3 heterocycles. The van der Waals surface area contributed by atoms with E-state index in [1.54, 1.807) is 0 Å². The molecule has 1 aliphatic heterocycles. The lowest BCUT2D eigenvalue weighted by atomic mass is 9.86. The summed E-state index contributed by atoms with van der Waals surface area (Å²) in [6.45, 7) is 7.79. The minimum absolute atomic E-state index is 0.0267. The molecule has 2 aromatic heterocycles. The second-order valence-corrected chi connectivity index (χ2v) is 9.24. The summed E-state index contributed by atoms with van der Waals surface area (Å²) in [5.41, 5.74) is 2.35. The van der Waals surface area contributed by atoms with Crippen LogP contribution in [0, 0.1) is 5.82 Å². The minimum atomic E-state index is -0.440. The summed E-state index contributed by atoms with van der Waals surface area (Å²) < 4.78 is 13.4. The number of amides is 1. The fraction of sp³-hybridized carbons (Fsp3) is 0.375. The molecule has 1 fully saturated rings. The van der Waals surface area contributed by atoms with Crippen molar-refractivity contribution in [2.45, 2.75) is 45.1 Å². The normalized spacial score (nSPS) is 16.4. The molecule has 1 atom stereocenters. The van der Waals surface area contributed by atoms with Gasteiger partial charge in [-0.2, -0.15) is 10.1 Å². The summed E-state index contributed by atoms with van der Waals surface area (Å²) in [5, 5.41) is 14.3. The van der Waals surface area contributed by atoms with E-state index in [1.165, 1.54) is 24.0 Å². The summed E-state index contributed by atoms with van der Waals surface area (Å²) in [6.07, 6.45) is 5.88. The van der Waals surface area contributed by atoms with Gasteiger partial charge in [-0.05, 0) is 36.0 Å². The average molecular weight is 450 g/mol. The van der Waals surface area contributed by atoms with Gasteiger partial charge in [0.2, 0.25) is 5.95 Å². The highest BCUT2D eigenvalue weighted by Gasteiger charge is 2.24. The van der Waals surface area contributed by atoms with Crippen molar-refractivity contribution in [1.82, 2.24) is 25.5 Å². The number of nitrogens with one attached hydrogen (secondary N) is 2. The SMILES string of the molecule is CC(C)(C)c1ccc(C(=O)N[C@@H]2CCCN(c3nncc(Nc4cncc(F)c4)n3)C2)cc1. The molecule has 0 unspecified atom stereocenters. The van der Waals surface area contributed by atoms with Crippen molar-refractivity contribution >= 4 is 23.4 Å². The molecule has 33 heavy (non-hydrogen) atoms. The van der Waals surface area contributed by atoms with E-state index in [0.29, 0.717) is 29.6 Å². The lowest BCUT2D eigenvalue weighted by Gasteiger charge is -2.33. The third-order valence-corrected chi connectivity index (χ3v) is 5.58. The molecule has 0 spiro atoms. The maximum absolute atomic E-state index is 13.4. The monoisotopic (exact) mass is 449 g/mol. The van der Waals surface area contributed by atoms with E-state index in [-0.39, 0.29) is 17.4 Å². The van der Waals surface area contributed by atoms with Crippen LogP contribution in [0.4, 0.5) is 21.8 Å². The minimum Gasteiger partial charge on any atom is -0.348 e. The molecule has 0 radical (unpaired) electrons. The molecule has 0 saturated carbocycles. The van der Waals surface area contributed by atoms with Gasteiger partial charge in [-0.1, -0.05) is 32.9 Å². The molecular weight excluding hydrogens is 421 g/mol. The Morgan fingerprint density at radius 2 is 1.94 bits per heavy atom. The van der Waals surface area contributed by atoms with Crippen LogP contribution < -0.4 is 15.5 Å². The summed E-state index contributed by atoms with van der Waals surface area (Å²) in [4.78, 5) is 23.1. The van der Waals surface area contributed by atoms with E-state index in [4.69, 9.17) is 0 Å². The molecule has 9 heteroatoms. The highest BCUT2D eigenvalue weighted by Crippen LogP contribution is 2.23. The van der Waals surface area contributed by atoms with Gasteiger partial charge in [-0.3, -0.25) is 9.78 Å². The number of pyridine rings is 1. The van der Waals surface area contributed by atoms with Crippen LogP contribution in [-0.2, 0) is 5.41 Å². The molecule has 1 aromatic carbocycles. The van der Waals surface area contributed by atoms with Crippen LogP contribution in [0.2, 0.25) is 0 Å². The number of benzene rings is 1. The number of halogens is 1. The lowest BCUT2D eigenvalue weighted by Crippen LogP contribution is -2.48. The Kier molecular flexibility index (Phi) is 6.48. The third-order valence-electron chi connectivity index (χ3n) is 5.58. The van der Waals surface area contributed by atoms with Gasteiger partial charge in [-0.15, -0.1) is 5.10 Å². The van der Waals surface area contributed by atoms with Crippen molar-refractivity contribution in [2.24, 2.45) is 0 Å². The zero-order chi connectivity index (χ0) is 23.4. The number of anilines is 3. The van der Waals surface area contributed by atoms with Crippen LogP contribution in [0.15, 0.2) is 48.9 Å². The van der Waals surface area contributed by atoms with Crippen LogP contribution in [0.25, 0.3) is 0 Å². The lowest BCUT2D eigenvalue weighted by molar-refractivity contribution is 0.0933. The summed E-state index contributed by atoms with van der Waals surface area (Å²) in [6, 6.07) is 9.07. The van der Waals surface area contributed by atoms with Gasteiger partial charge in [0.25, 0.3) is 5.91 Å². The Labute approximate surface area is 192 Å². The van der Waals surface area contributed by atoms with Crippen molar-refractivity contribution in [1.29, 1.82) is 0 Å². The van der Waals surface area contributed by atoms with Gasteiger partial charge in [0.05, 0.1) is 24.3 Å². The number of aromatic nitrogens is 4. The van der Waals surface area contributed by atoms with Gasteiger partial charge in [0, 0.05) is 30.8 Å². The zero-order valence-corrected chi connectivity index (χ0v) is 19.0. The average Bonchev–Trinajstić information content (AvgIpc) is 2.79. The molecule has 1 saturated heterocycles. The van der Waals surface area contributed by atoms with Crippen molar-refractivity contribution in [3.05, 3.63) is 65.9 Å². The Hall–Kier alpha value is -3.62. The van der Waals surface area contributed by atoms with E-state index >= 15 is 0 Å². The smallest absolute Gasteiger partial charge is 0.251 e. The van der Waals surface area contributed by atoms with Crippen LogP contribution in [-0.4, -0.2) is 45.2 Å². The second kappa shape index (κ2) is 9.48. The van der Waals surface area contributed by atoms with E-state index in [0.717, 1.165) is 25.6 Å². The van der Waals surface area contributed by atoms with Crippen LogP contribution in [0.3, 0.4) is 0 Å². The van der Waals surface area contributed by atoms with Crippen molar-refractivity contribution < 1.29 is 9.18 Å². The second-order valence-electron chi connectivity index (χ2n) is 9.24. The van der Waals surface area contributed by atoms with Gasteiger partial charge >= 0.3 is 0 Å². The number of carbonyl (C=O) groups excluding carboxylic acids is 1. The van der Waals surface area contributed by atoms with Crippen LogP contribution >= 0.6 is 0 Å². The number of carbonyl (C=O) groups is 1. The highest BCUT2D eigenvalue weighted by atomic mass is 19.1. The molecule has 0 bridgehead atoms. The molecule has 1 aliphatic rings. The standard InChI is InChI=1S/C24H28FN7O/c1-24(2,3)17-8-6-16(7-9-17)22(33)29-19-5-4-10-32(15-19)23-30-21(14-27-31-23)28-20-11-18(25)12-26-13-20/h6-9,11-14,19H,4-5,10,15H2,1-3H3,(H,29,33)(H,28,30,31)/t19-/m1/s1. The number of rotatable bonds is 5. The fourth-order valence-corrected chi connectivity index (χ4v) is 3.78. The number of hydrogen-bond acceptors (Lipinski definition) is 7. The first-order valence-corrected chi connectivity index (χ1v) is 11.0. The van der Waals surface area contributed by atoms with Crippen molar-refractivity contribution in [3.8, 4) is 0 Å². The first-order chi connectivity index (χ1) is 15.8. The quantitative estimate of drug-likeness (QED) is 0.611. The molecule has 4 rings (SSSR count). The molecule has 3 aromatic rings. The van der Waals surface area contributed by atoms with Gasteiger partial charge in [0.15, 0.2) is 5.82 Å². The predicted molar refractivity (Wildman–Crippen MR) is 125 cm³/mol. The van der Waals surface area contributed by atoms with Gasteiger partial charge in [-0.25, -0.2) is 4.39 Å². The molecule has 2 N–H and O–H groups in total. The largest absolute Gasteiger partial charge is 0.348 e. The van der Waals surface area contributed by atoms with Crippen molar-refractivity contribution in [3.63, 3.8) is 0 Å². The molecule has 8 nitrogen and oxygen atoms in total. The summed E-state index contributed by atoms with van der Waals surface area (Å²) in [5.74, 6) is 0.371. The molecular formula is C24H28FN7O. The number of hydrogen-bond donors (Lipinski definition) is 2. The first-order valence-electron chi connectivity index (χ1n) is 11.0. The van der Waals surface area contributed by atoms with E-state index in [2.05, 4.69) is 51.6 Å². The zero-order valence-electron chi connectivity index (χ0n) is 19.0. The van der Waals surface area contributed by atoms with Crippen LogP contribution in [0.5, 0.6) is 0 Å². The van der Waals surface area contributed by atoms with Gasteiger partial charge < -0.3 is 15.5 Å². The molecule has 172 valence electrons. The Morgan fingerprint density at radius 3 is 2.67 bits per heavy atom. The van der Waals surface area contributed by atoms with E-state index in [1.807, 2.05) is 29.2 Å². The fourth-order valence-electron chi connectivity index (χ4n) is 3.78. The summed E-state index contributed by atoms with van der Waals surface area (Å²) in [7, 11) is 0. The molecule has 1 amide bonds. The molecule has 0 aliphatic carbocycles. The Balaban J connectivity index is 1.40. The third kappa shape index (κ3) is 5.79. The van der Waals surface area contributed by atoms with Gasteiger partial charge in [0.1, 0.15) is 5.82 Å². The van der Waals surface area contributed by atoms with E-state index in [9.17, 15) is 9.18 Å². The maximum Gasteiger partial charge on any atom is 0.251 e. The Bertz CT molecular complexity index is 1110. The van der Waals surface area contributed by atoms with Crippen LogP contribution in [0.1, 0.15) is 49.5 Å². The summed E-state index contributed by atoms with van der Waals surface area (Å²) >= 11 is 0. The number of piperidine rings is 1. The highest BCUT2D eigenvalue weighted by molar-refractivity contribution is 5.94. The topological polar surface area (TPSA) is 95.9 Å².